The van der Waals surface area contributed by atoms with Crippen molar-refractivity contribution in [2.24, 2.45) is 4.99 Å². The normalized spacial score (nSPS) is 20.9. The summed E-state index contributed by atoms with van der Waals surface area (Å²) < 4.78 is 0. The molecule has 0 bridgehead atoms. The molecule has 6 nitrogen and oxygen atoms in total. The molecule has 2 aliphatic heterocycles. The average Bonchev–Trinajstić information content (AvgIpc) is 3.38. The Bertz CT molecular complexity index is 951. The number of likely N-dealkylation sites (tertiary alicyclic amines) is 2. The number of halogens is 1. The van der Waals surface area contributed by atoms with Crippen molar-refractivity contribution in [3.63, 3.8) is 0 Å². The monoisotopic (exact) mass is 575 g/mol. The van der Waals surface area contributed by atoms with Crippen LogP contribution in [-0.2, 0) is 24.4 Å². The Balaban J connectivity index is 0.00000324. The number of guanidine groups is 1. The lowest BCUT2D eigenvalue weighted by molar-refractivity contribution is -0.128. The maximum absolute atomic E-state index is 12.1. The molecule has 4 rings (SSSR count). The fourth-order valence-electron chi connectivity index (χ4n) is 4.86. The number of nitrogens with zero attached hydrogens (tertiary/aromatic N) is 3. The highest BCUT2D eigenvalue weighted by molar-refractivity contribution is 14.0. The third-order valence-corrected chi connectivity index (χ3v) is 6.68. The number of rotatable bonds is 8. The van der Waals surface area contributed by atoms with Crippen LogP contribution in [0, 0.1) is 0 Å². The van der Waals surface area contributed by atoms with Crippen molar-refractivity contribution < 1.29 is 4.79 Å². The molecule has 2 aliphatic rings. The number of amides is 1. The molecule has 0 spiro atoms. The van der Waals surface area contributed by atoms with Gasteiger partial charge >= 0.3 is 0 Å². The molecule has 2 fully saturated rings. The first kappa shape index (κ1) is 26.5. The number of aliphatic imine (C=N–C) groups is 1. The molecule has 2 atom stereocenters. The molecule has 2 aromatic carbocycles. The van der Waals surface area contributed by atoms with Gasteiger partial charge in [0.25, 0.3) is 0 Å². The van der Waals surface area contributed by atoms with Crippen molar-refractivity contribution in [3.8, 4) is 0 Å². The number of nitrogens with one attached hydrogen (secondary N) is 2. The number of carbonyl (C=O) groups is 1. The van der Waals surface area contributed by atoms with Gasteiger partial charge in [-0.3, -0.25) is 9.69 Å². The van der Waals surface area contributed by atoms with Crippen LogP contribution in [-0.4, -0.2) is 53.4 Å². The van der Waals surface area contributed by atoms with E-state index in [1.165, 1.54) is 16.7 Å². The third kappa shape index (κ3) is 7.18. The van der Waals surface area contributed by atoms with Crippen molar-refractivity contribution in [1.29, 1.82) is 0 Å². The fourth-order valence-corrected chi connectivity index (χ4v) is 4.86. The van der Waals surface area contributed by atoms with Gasteiger partial charge < -0.3 is 15.5 Å². The molecule has 0 aliphatic carbocycles. The zero-order chi connectivity index (χ0) is 23.0. The van der Waals surface area contributed by atoms with Crippen molar-refractivity contribution in [2.75, 3.05) is 19.6 Å². The van der Waals surface area contributed by atoms with Gasteiger partial charge in [-0.1, -0.05) is 54.6 Å². The molecule has 2 saturated heterocycles. The first-order chi connectivity index (χ1) is 16.1. The molecule has 184 valence electrons. The first-order valence-electron chi connectivity index (χ1n) is 12.3. The molecule has 2 aromatic rings. The topological polar surface area (TPSA) is 60.0 Å². The molecule has 1 amide bonds. The molecule has 2 N–H and O–H groups in total. The average molecular weight is 576 g/mol. The van der Waals surface area contributed by atoms with E-state index in [1.54, 1.807) is 0 Å². The lowest BCUT2D eigenvalue weighted by Crippen LogP contribution is -2.44. The standard InChI is InChI=1S/C27H37N5O.HI/c1-3-28-27(30-25-16-21(2)32(20-25)18-22-10-5-4-6-11-22)29-17-23-12-7-8-13-24(23)19-31-15-9-14-26(31)33;/h4-8,10-13,21,25H,3,9,14-20H2,1-2H3,(H2,28,29,30);1H. The van der Waals surface area contributed by atoms with Crippen LogP contribution in [0.15, 0.2) is 59.6 Å². The lowest BCUT2D eigenvalue weighted by Gasteiger charge is -2.21. The maximum Gasteiger partial charge on any atom is 0.222 e. The Morgan fingerprint density at radius 3 is 2.50 bits per heavy atom. The van der Waals surface area contributed by atoms with E-state index in [0.717, 1.165) is 45.0 Å². The van der Waals surface area contributed by atoms with Gasteiger partial charge in [-0.05, 0) is 43.4 Å². The molecule has 2 unspecified atom stereocenters. The number of benzene rings is 2. The second-order valence-electron chi connectivity index (χ2n) is 9.22. The van der Waals surface area contributed by atoms with E-state index in [0.29, 0.717) is 31.6 Å². The molecule has 0 aromatic heterocycles. The summed E-state index contributed by atoms with van der Waals surface area (Å²) in [4.78, 5) is 21.5. The summed E-state index contributed by atoms with van der Waals surface area (Å²) in [5.74, 6) is 1.13. The van der Waals surface area contributed by atoms with Gasteiger partial charge in [-0.2, -0.15) is 0 Å². The molecule has 0 radical (unpaired) electrons. The van der Waals surface area contributed by atoms with E-state index in [1.807, 2.05) is 11.0 Å². The quantitative estimate of drug-likeness (QED) is 0.282. The summed E-state index contributed by atoms with van der Waals surface area (Å²) in [5, 5.41) is 7.08. The third-order valence-electron chi connectivity index (χ3n) is 6.68. The Hall–Kier alpha value is -2.13. The number of hydrogen-bond acceptors (Lipinski definition) is 3. The Morgan fingerprint density at radius 2 is 1.79 bits per heavy atom. The van der Waals surface area contributed by atoms with Gasteiger partial charge in [0, 0.05) is 51.2 Å². The van der Waals surface area contributed by atoms with Crippen LogP contribution in [0.5, 0.6) is 0 Å². The summed E-state index contributed by atoms with van der Waals surface area (Å²) in [5.41, 5.74) is 3.73. The summed E-state index contributed by atoms with van der Waals surface area (Å²) in [6.45, 7) is 9.37. The molecule has 7 heteroatoms. The van der Waals surface area contributed by atoms with E-state index in [4.69, 9.17) is 4.99 Å². The smallest absolute Gasteiger partial charge is 0.222 e. The zero-order valence-electron chi connectivity index (χ0n) is 20.4. The van der Waals surface area contributed by atoms with Gasteiger partial charge in [0.15, 0.2) is 5.96 Å². The van der Waals surface area contributed by atoms with Crippen molar-refractivity contribution in [2.45, 2.75) is 64.8 Å². The van der Waals surface area contributed by atoms with Crippen LogP contribution in [0.25, 0.3) is 0 Å². The van der Waals surface area contributed by atoms with Crippen LogP contribution in [0.2, 0.25) is 0 Å². The zero-order valence-corrected chi connectivity index (χ0v) is 22.7. The van der Waals surface area contributed by atoms with Crippen molar-refractivity contribution >= 4 is 35.8 Å². The number of hydrogen-bond donors (Lipinski definition) is 2. The highest BCUT2D eigenvalue weighted by Crippen LogP contribution is 2.21. The number of carbonyl (C=O) groups excluding carboxylic acids is 1. The largest absolute Gasteiger partial charge is 0.357 e. The second-order valence-corrected chi connectivity index (χ2v) is 9.22. The van der Waals surface area contributed by atoms with Crippen molar-refractivity contribution in [3.05, 3.63) is 71.3 Å². The van der Waals surface area contributed by atoms with Gasteiger partial charge in [0.2, 0.25) is 5.91 Å². The summed E-state index contributed by atoms with van der Waals surface area (Å²) in [6.07, 6.45) is 2.75. The Kier molecular flexibility index (Phi) is 10.2. The molecule has 34 heavy (non-hydrogen) atoms. The van der Waals surface area contributed by atoms with E-state index in [-0.39, 0.29) is 29.9 Å². The summed E-state index contributed by atoms with van der Waals surface area (Å²) in [7, 11) is 0. The molecule has 2 heterocycles. The molecule has 0 saturated carbocycles. The van der Waals surface area contributed by atoms with E-state index < -0.39 is 0 Å². The van der Waals surface area contributed by atoms with Gasteiger partial charge in [-0.25, -0.2) is 4.99 Å². The van der Waals surface area contributed by atoms with Crippen molar-refractivity contribution in [1.82, 2.24) is 20.4 Å². The SMILES string of the molecule is CCNC(=NCc1ccccc1CN1CCCC1=O)NC1CC(C)N(Cc2ccccc2)C1.I. The second kappa shape index (κ2) is 13.1. The predicted molar refractivity (Wildman–Crippen MR) is 149 cm³/mol. The molecular formula is C27H38IN5O. The Morgan fingerprint density at radius 1 is 1.06 bits per heavy atom. The maximum atomic E-state index is 12.1. The van der Waals surface area contributed by atoms with Crippen LogP contribution in [0.3, 0.4) is 0 Å². The minimum absolute atomic E-state index is 0. The minimum atomic E-state index is 0. The van der Waals surface area contributed by atoms with E-state index >= 15 is 0 Å². The molecular weight excluding hydrogens is 537 g/mol. The highest BCUT2D eigenvalue weighted by Gasteiger charge is 2.29. The first-order valence-corrected chi connectivity index (χ1v) is 12.3. The Labute approximate surface area is 221 Å². The van der Waals surface area contributed by atoms with Gasteiger partial charge in [-0.15, -0.1) is 24.0 Å². The predicted octanol–water partition coefficient (Wildman–Crippen LogP) is 4.15. The van der Waals surface area contributed by atoms with Gasteiger partial charge in [0.05, 0.1) is 6.54 Å². The minimum Gasteiger partial charge on any atom is -0.357 e. The summed E-state index contributed by atoms with van der Waals surface area (Å²) in [6, 6.07) is 20.0. The van der Waals surface area contributed by atoms with Crippen LogP contribution in [0.4, 0.5) is 0 Å². The summed E-state index contributed by atoms with van der Waals surface area (Å²) >= 11 is 0. The van der Waals surface area contributed by atoms with Crippen LogP contribution < -0.4 is 10.6 Å². The van der Waals surface area contributed by atoms with Gasteiger partial charge in [0.1, 0.15) is 0 Å². The fraction of sp³-hybridized carbons (Fsp3) is 0.481. The lowest BCUT2D eigenvalue weighted by atomic mass is 10.1. The van der Waals surface area contributed by atoms with Crippen LogP contribution >= 0.6 is 24.0 Å². The van der Waals surface area contributed by atoms with E-state index in [9.17, 15) is 4.79 Å². The van der Waals surface area contributed by atoms with Crippen LogP contribution in [0.1, 0.15) is 49.8 Å². The van der Waals surface area contributed by atoms with E-state index in [2.05, 4.69) is 77.9 Å². The highest BCUT2D eigenvalue weighted by atomic mass is 127.